The summed E-state index contributed by atoms with van der Waals surface area (Å²) in [6, 6.07) is 5.51. The lowest BCUT2D eigenvalue weighted by molar-refractivity contribution is 0.0721. The van der Waals surface area contributed by atoms with Crippen LogP contribution < -0.4 is 10.3 Å². The third-order valence-electron chi connectivity index (χ3n) is 5.41. The van der Waals surface area contributed by atoms with Gasteiger partial charge in [0, 0.05) is 40.8 Å². The number of hydrogen-bond donors (Lipinski definition) is 2. The summed E-state index contributed by atoms with van der Waals surface area (Å²) in [5.41, 5.74) is 3.51. The van der Waals surface area contributed by atoms with E-state index in [9.17, 15) is 9.59 Å². The average molecular weight is 408 g/mol. The fraction of sp³-hybridized carbons (Fsp3) is 0.286. The lowest BCUT2D eigenvalue weighted by Gasteiger charge is -2.27. The minimum absolute atomic E-state index is 0.0122. The minimum Gasteiger partial charge on any atom is -0.496 e. The number of carbonyl (C=O) groups is 1. The van der Waals surface area contributed by atoms with E-state index < -0.39 is 0 Å². The molecule has 1 amide bonds. The highest BCUT2D eigenvalue weighted by molar-refractivity contribution is 7.09. The van der Waals surface area contributed by atoms with Gasteiger partial charge in [-0.25, -0.2) is 4.98 Å². The van der Waals surface area contributed by atoms with Crippen LogP contribution >= 0.6 is 11.3 Å². The Morgan fingerprint density at radius 3 is 2.72 bits per heavy atom. The highest BCUT2D eigenvalue weighted by Crippen LogP contribution is 2.30. The number of piperidine rings is 1. The Balaban J connectivity index is 1.60. The van der Waals surface area contributed by atoms with Gasteiger partial charge in [0.1, 0.15) is 5.75 Å². The molecule has 8 heteroatoms. The van der Waals surface area contributed by atoms with Crippen LogP contribution in [0.5, 0.6) is 5.75 Å². The van der Waals surface area contributed by atoms with Crippen LogP contribution in [0.2, 0.25) is 0 Å². The Hall–Kier alpha value is -3.13. The van der Waals surface area contributed by atoms with E-state index in [1.807, 2.05) is 33.9 Å². The maximum absolute atomic E-state index is 13.0. The third kappa shape index (κ3) is 3.09. The summed E-state index contributed by atoms with van der Waals surface area (Å²) in [6.07, 6.45) is 3.23. The molecule has 0 unspecified atom stereocenters. The van der Waals surface area contributed by atoms with Gasteiger partial charge in [0.05, 0.1) is 29.4 Å². The number of nitrogens with one attached hydrogen (secondary N) is 2. The molecule has 1 saturated heterocycles. The molecule has 0 spiro atoms. The summed E-state index contributed by atoms with van der Waals surface area (Å²) in [7, 11) is 1.56. The number of amides is 1. The van der Waals surface area contributed by atoms with Crippen LogP contribution in [0.25, 0.3) is 33.3 Å². The standard InChI is InChI=1S/C21H20N4O3S/c1-28-18-9-14-12(7-13(18)21(27)25-5-3-2-4-6-25)8-15(22-14)19-20(26)24-17-11-29-10-16(17)23-19/h7-11,22H,2-6H2,1H3,(H,24,26). The molecule has 4 heterocycles. The Bertz CT molecular complexity index is 1280. The zero-order chi connectivity index (χ0) is 20.0. The number of methoxy groups -OCH3 is 1. The highest BCUT2D eigenvalue weighted by Gasteiger charge is 2.23. The molecule has 7 nitrogen and oxygen atoms in total. The van der Waals surface area contributed by atoms with E-state index in [1.165, 1.54) is 11.3 Å². The number of likely N-dealkylation sites (tertiary alicyclic amines) is 1. The van der Waals surface area contributed by atoms with Gasteiger partial charge in [0.15, 0.2) is 5.69 Å². The van der Waals surface area contributed by atoms with Crippen molar-refractivity contribution >= 4 is 39.2 Å². The average Bonchev–Trinajstić information content (AvgIpc) is 3.37. The topological polar surface area (TPSA) is 91.1 Å². The second-order valence-corrected chi connectivity index (χ2v) is 8.00. The number of ether oxygens (including phenoxy) is 1. The van der Waals surface area contributed by atoms with E-state index in [-0.39, 0.29) is 11.5 Å². The number of rotatable bonds is 3. The van der Waals surface area contributed by atoms with Gasteiger partial charge in [-0.3, -0.25) is 9.59 Å². The number of thiophene rings is 1. The van der Waals surface area contributed by atoms with E-state index in [4.69, 9.17) is 4.74 Å². The first-order valence-electron chi connectivity index (χ1n) is 9.60. The van der Waals surface area contributed by atoms with Gasteiger partial charge in [0.2, 0.25) is 0 Å². The molecule has 0 aliphatic carbocycles. The predicted molar refractivity (Wildman–Crippen MR) is 114 cm³/mol. The first-order chi connectivity index (χ1) is 14.1. The Labute approximate surface area is 170 Å². The molecule has 2 N–H and O–H groups in total. The SMILES string of the molecule is COc1cc2[nH]c(-c3nc4cscc4[nH]c3=O)cc2cc1C(=O)N1CCCCC1. The van der Waals surface area contributed by atoms with Crippen LogP contribution in [-0.2, 0) is 0 Å². The summed E-state index contributed by atoms with van der Waals surface area (Å²) < 4.78 is 5.50. The normalized spacial score (nSPS) is 14.6. The van der Waals surface area contributed by atoms with E-state index in [1.54, 1.807) is 7.11 Å². The molecule has 0 saturated carbocycles. The fourth-order valence-electron chi connectivity index (χ4n) is 3.90. The molecule has 4 aromatic rings. The van der Waals surface area contributed by atoms with E-state index in [0.29, 0.717) is 22.7 Å². The van der Waals surface area contributed by atoms with Crippen molar-refractivity contribution in [2.24, 2.45) is 0 Å². The van der Waals surface area contributed by atoms with Crippen molar-refractivity contribution in [3.8, 4) is 17.1 Å². The highest BCUT2D eigenvalue weighted by atomic mass is 32.1. The maximum atomic E-state index is 13.0. The van der Waals surface area contributed by atoms with Gasteiger partial charge >= 0.3 is 0 Å². The van der Waals surface area contributed by atoms with Crippen molar-refractivity contribution in [3.05, 3.63) is 44.9 Å². The number of nitrogens with zero attached hydrogens (tertiary/aromatic N) is 2. The summed E-state index contributed by atoms with van der Waals surface area (Å²) >= 11 is 1.49. The number of carbonyl (C=O) groups excluding carboxylic acids is 1. The second kappa shape index (κ2) is 7.04. The van der Waals surface area contributed by atoms with Gasteiger partial charge in [-0.2, -0.15) is 0 Å². The molecule has 1 aromatic carbocycles. The molecule has 0 atom stereocenters. The van der Waals surface area contributed by atoms with Crippen molar-refractivity contribution in [2.75, 3.05) is 20.2 Å². The molecule has 1 fully saturated rings. The molecular weight excluding hydrogens is 388 g/mol. The number of H-pyrrole nitrogens is 2. The maximum Gasteiger partial charge on any atom is 0.276 e. The van der Waals surface area contributed by atoms with Crippen molar-refractivity contribution in [2.45, 2.75) is 19.3 Å². The quantitative estimate of drug-likeness (QED) is 0.540. The van der Waals surface area contributed by atoms with Crippen LogP contribution in [0.15, 0.2) is 33.8 Å². The molecular formula is C21H20N4O3S. The largest absolute Gasteiger partial charge is 0.496 e. The first kappa shape index (κ1) is 17.9. The predicted octanol–water partition coefficient (Wildman–Crippen LogP) is 3.77. The summed E-state index contributed by atoms with van der Waals surface area (Å²) in [4.78, 5) is 38.0. The summed E-state index contributed by atoms with van der Waals surface area (Å²) in [6.45, 7) is 1.55. The van der Waals surface area contributed by atoms with Crippen molar-refractivity contribution in [1.82, 2.24) is 19.9 Å². The first-order valence-corrected chi connectivity index (χ1v) is 10.5. The van der Waals surface area contributed by atoms with E-state index in [2.05, 4.69) is 15.0 Å². The Morgan fingerprint density at radius 1 is 1.10 bits per heavy atom. The van der Waals surface area contributed by atoms with Gasteiger partial charge < -0.3 is 19.6 Å². The third-order valence-corrected chi connectivity index (χ3v) is 6.14. The number of aromatic nitrogens is 3. The molecule has 1 aliphatic heterocycles. The zero-order valence-electron chi connectivity index (χ0n) is 15.9. The summed E-state index contributed by atoms with van der Waals surface area (Å²) in [5.74, 6) is 0.512. The van der Waals surface area contributed by atoms with Crippen LogP contribution in [0.3, 0.4) is 0 Å². The van der Waals surface area contributed by atoms with E-state index >= 15 is 0 Å². The monoisotopic (exact) mass is 408 g/mol. The summed E-state index contributed by atoms with van der Waals surface area (Å²) in [5, 5.41) is 4.60. The molecule has 3 aromatic heterocycles. The van der Waals surface area contributed by atoms with Crippen LogP contribution in [-0.4, -0.2) is 46.0 Å². The molecule has 5 rings (SSSR count). The van der Waals surface area contributed by atoms with Crippen LogP contribution in [0.4, 0.5) is 0 Å². The fourth-order valence-corrected chi connectivity index (χ4v) is 4.59. The lowest BCUT2D eigenvalue weighted by Crippen LogP contribution is -2.35. The molecule has 29 heavy (non-hydrogen) atoms. The Kier molecular flexibility index (Phi) is 4.35. The Morgan fingerprint density at radius 2 is 1.93 bits per heavy atom. The van der Waals surface area contributed by atoms with Gasteiger partial charge in [0.25, 0.3) is 11.5 Å². The van der Waals surface area contributed by atoms with Crippen molar-refractivity contribution < 1.29 is 9.53 Å². The van der Waals surface area contributed by atoms with Crippen molar-refractivity contribution in [3.63, 3.8) is 0 Å². The molecule has 0 bridgehead atoms. The molecule has 1 aliphatic rings. The number of aromatic amines is 2. The smallest absolute Gasteiger partial charge is 0.276 e. The van der Waals surface area contributed by atoms with Crippen molar-refractivity contribution in [1.29, 1.82) is 0 Å². The van der Waals surface area contributed by atoms with Crippen LogP contribution in [0, 0.1) is 0 Å². The molecule has 0 radical (unpaired) electrons. The number of fused-ring (bicyclic) bond motifs is 2. The zero-order valence-corrected chi connectivity index (χ0v) is 16.8. The van der Waals surface area contributed by atoms with Crippen LogP contribution in [0.1, 0.15) is 29.6 Å². The van der Waals surface area contributed by atoms with Gasteiger partial charge in [-0.15, -0.1) is 11.3 Å². The second-order valence-electron chi connectivity index (χ2n) is 7.26. The lowest BCUT2D eigenvalue weighted by atomic mass is 10.1. The number of benzene rings is 1. The molecule has 148 valence electrons. The number of hydrogen-bond acceptors (Lipinski definition) is 5. The van der Waals surface area contributed by atoms with Gasteiger partial charge in [-0.05, 0) is 31.4 Å². The van der Waals surface area contributed by atoms with Gasteiger partial charge in [-0.1, -0.05) is 0 Å². The van der Waals surface area contributed by atoms with E-state index in [0.717, 1.165) is 54.3 Å². The minimum atomic E-state index is -0.251.